The number of hydrogen-bond donors (Lipinski definition) is 1. The maximum absolute atomic E-state index is 11.8. The number of aliphatic hydroxyl groups excluding tert-OH is 1. The van der Waals surface area contributed by atoms with Crippen molar-refractivity contribution in [1.29, 1.82) is 0 Å². The van der Waals surface area contributed by atoms with Crippen molar-refractivity contribution < 1.29 is 9.32 Å². The van der Waals surface area contributed by atoms with E-state index in [0.717, 1.165) is 30.6 Å². The van der Waals surface area contributed by atoms with E-state index in [2.05, 4.69) is 6.92 Å². The molecule has 0 fully saturated rings. The van der Waals surface area contributed by atoms with Gasteiger partial charge in [0.05, 0.1) is 16.9 Å². The Morgan fingerprint density at radius 2 is 2.00 bits per heavy atom. The van der Waals surface area contributed by atoms with E-state index in [9.17, 15) is 9.32 Å². The van der Waals surface area contributed by atoms with Gasteiger partial charge in [-0.25, -0.2) is 4.21 Å². The van der Waals surface area contributed by atoms with E-state index in [1.54, 1.807) is 11.5 Å². The van der Waals surface area contributed by atoms with Gasteiger partial charge in [0.1, 0.15) is 0 Å². The number of unbranched alkanes of at least 4 members (excludes halogenated alkanes) is 2. The van der Waals surface area contributed by atoms with Gasteiger partial charge in [-0.3, -0.25) is 0 Å². The Morgan fingerprint density at radius 3 is 2.65 bits per heavy atom. The molecule has 2 nitrogen and oxygen atoms in total. The molecule has 0 heterocycles. The van der Waals surface area contributed by atoms with Crippen LogP contribution in [0.15, 0.2) is 46.7 Å². The van der Waals surface area contributed by atoms with Gasteiger partial charge in [0.25, 0.3) is 0 Å². The molecular weight excluding hydrogens is 232 g/mol. The van der Waals surface area contributed by atoms with Crippen LogP contribution in [0.3, 0.4) is 0 Å². The fourth-order valence-electron chi connectivity index (χ4n) is 1.49. The summed E-state index contributed by atoms with van der Waals surface area (Å²) in [7, 11) is -1.15. The summed E-state index contributed by atoms with van der Waals surface area (Å²) in [6.07, 6.45) is 5.20. The minimum atomic E-state index is -1.15. The molecule has 0 aliphatic heterocycles. The predicted octanol–water partition coefficient (Wildman–Crippen LogP) is 3.25. The lowest BCUT2D eigenvalue weighted by atomic mass is 10.1. The number of rotatable bonds is 7. The number of benzene rings is 1. The average Bonchev–Trinajstić information content (AvgIpc) is 2.37. The van der Waals surface area contributed by atoms with Crippen LogP contribution in [0.5, 0.6) is 0 Å². The van der Waals surface area contributed by atoms with Gasteiger partial charge in [0.2, 0.25) is 0 Å². The summed E-state index contributed by atoms with van der Waals surface area (Å²) in [6, 6.07) is 9.26. The summed E-state index contributed by atoms with van der Waals surface area (Å²) in [4.78, 5) is 0.768. The summed E-state index contributed by atoms with van der Waals surface area (Å²) < 4.78 is 11.8. The molecule has 0 amide bonds. The minimum absolute atomic E-state index is 0.478. The van der Waals surface area contributed by atoms with Crippen molar-refractivity contribution in [2.75, 3.05) is 0 Å². The molecule has 1 unspecified atom stereocenters. The molecule has 0 radical (unpaired) electrons. The maximum atomic E-state index is 11.8. The van der Waals surface area contributed by atoms with Crippen molar-refractivity contribution in [3.63, 3.8) is 0 Å². The van der Waals surface area contributed by atoms with Crippen molar-refractivity contribution >= 4 is 10.8 Å². The van der Waals surface area contributed by atoms with Gasteiger partial charge in [-0.1, -0.05) is 44.4 Å². The van der Waals surface area contributed by atoms with Crippen LogP contribution >= 0.6 is 0 Å². The first kappa shape index (κ1) is 14.1. The Morgan fingerprint density at radius 1 is 1.29 bits per heavy atom. The molecule has 94 valence electrons. The number of hydrogen-bond acceptors (Lipinski definition) is 2. The molecule has 0 saturated heterocycles. The first-order chi connectivity index (χ1) is 8.24. The summed E-state index contributed by atoms with van der Waals surface area (Å²) in [5.41, 5.74) is 0. The molecular formula is C14H20O2S. The molecule has 17 heavy (non-hydrogen) atoms. The highest BCUT2D eigenvalue weighted by molar-refractivity contribution is 7.88. The summed E-state index contributed by atoms with van der Waals surface area (Å²) in [6.45, 7) is 2.13. The third kappa shape index (κ3) is 5.80. The second-order valence-electron chi connectivity index (χ2n) is 4.00. The van der Waals surface area contributed by atoms with E-state index in [0.29, 0.717) is 0 Å². The summed E-state index contributed by atoms with van der Waals surface area (Å²) in [5, 5.41) is 11.2. The SMILES string of the molecule is CCCCC[C@@H](O)/C=C\S(=O)c1ccccc1. The topological polar surface area (TPSA) is 37.3 Å². The Bertz CT molecular complexity index is 360. The highest BCUT2D eigenvalue weighted by atomic mass is 32.2. The van der Waals surface area contributed by atoms with Gasteiger partial charge in [-0.2, -0.15) is 0 Å². The molecule has 0 aliphatic carbocycles. The molecule has 1 rings (SSSR count). The van der Waals surface area contributed by atoms with Crippen LogP contribution in [0.2, 0.25) is 0 Å². The monoisotopic (exact) mass is 252 g/mol. The Kier molecular flexibility index (Phi) is 6.82. The zero-order chi connectivity index (χ0) is 12.5. The van der Waals surface area contributed by atoms with Crippen molar-refractivity contribution in [3.05, 3.63) is 41.8 Å². The Balaban J connectivity index is 2.40. The van der Waals surface area contributed by atoms with Gasteiger partial charge in [-0.15, -0.1) is 0 Å². The molecule has 0 aromatic heterocycles. The summed E-state index contributed by atoms with van der Waals surface area (Å²) >= 11 is 0. The van der Waals surface area contributed by atoms with Crippen LogP contribution < -0.4 is 0 Å². The van der Waals surface area contributed by atoms with Crippen LogP contribution in [-0.2, 0) is 10.8 Å². The van der Waals surface area contributed by atoms with E-state index < -0.39 is 16.9 Å². The summed E-state index contributed by atoms with van der Waals surface area (Å²) in [5.74, 6) is 0. The lowest BCUT2D eigenvalue weighted by Gasteiger charge is -2.04. The average molecular weight is 252 g/mol. The lowest BCUT2D eigenvalue weighted by molar-refractivity contribution is 0.208. The first-order valence-corrected chi connectivity index (χ1v) is 7.27. The van der Waals surface area contributed by atoms with E-state index in [1.807, 2.05) is 30.3 Å². The highest BCUT2D eigenvalue weighted by Crippen LogP contribution is 2.09. The largest absolute Gasteiger partial charge is 0.389 e. The standard InChI is InChI=1S/C14H20O2S/c1-2-3-5-8-13(15)11-12-17(16)14-9-6-4-7-10-14/h4,6-7,9-13,15H,2-3,5,8H2,1H3/b12-11-/t13-,17?/m1/s1. The fourth-order valence-corrected chi connectivity index (χ4v) is 2.40. The van der Waals surface area contributed by atoms with E-state index in [4.69, 9.17) is 0 Å². The van der Waals surface area contributed by atoms with Crippen LogP contribution in [0.4, 0.5) is 0 Å². The van der Waals surface area contributed by atoms with Gasteiger partial charge in [-0.05, 0) is 24.6 Å². The molecule has 0 saturated carbocycles. The van der Waals surface area contributed by atoms with Crippen LogP contribution in [0, 0.1) is 0 Å². The van der Waals surface area contributed by atoms with Crippen LogP contribution in [0.1, 0.15) is 32.6 Å². The molecule has 2 atom stereocenters. The van der Waals surface area contributed by atoms with Crippen molar-refractivity contribution in [1.82, 2.24) is 0 Å². The fraction of sp³-hybridized carbons (Fsp3) is 0.429. The molecule has 3 heteroatoms. The quantitative estimate of drug-likeness (QED) is 0.756. The normalized spacial score (nSPS) is 14.9. The zero-order valence-electron chi connectivity index (χ0n) is 10.2. The Labute approximate surface area is 106 Å². The van der Waals surface area contributed by atoms with Crippen molar-refractivity contribution in [2.24, 2.45) is 0 Å². The number of aliphatic hydroxyl groups is 1. The molecule has 0 aliphatic rings. The third-order valence-corrected chi connectivity index (χ3v) is 3.64. The first-order valence-electron chi connectivity index (χ1n) is 6.06. The molecule has 1 aromatic carbocycles. The van der Waals surface area contributed by atoms with Crippen molar-refractivity contribution in [2.45, 2.75) is 43.6 Å². The van der Waals surface area contributed by atoms with Gasteiger partial charge in [0, 0.05) is 10.3 Å². The predicted molar refractivity (Wildman–Crippen MR) is 72.1 cm³/mol. The highest BCUT2D eigenvalue weighted by Gasteiger charge is 2.01. The van der Waals surface area contributed by atoms with Crippen LogP contribution in [0.25, 0.3) is 0 Å². The third-order valence-electron chi connectivity index (χ3n) is 2.50. The molecule has 1 aromatic rings. The second kappa shape index (κ2) is 8.20. The van der Waals surface area contributed by atoms with E-state index >= 15 is 0 Å². The van der Waals surface area contributed by atoms with Gasteiger partial charge in [0.15, 0.2) is 0 Å². The lowest BCUT2D eigenvalue weighted by Crippen LogP contribution is -2.02. The minimum Gasteiger partial charge on any atom is -0.389 e. The van der Waals surface area contributed by atoms with E-state index in [1.165, 1.54) is 0 Å². The second-order valence-corrected chi connectivity index (χ2v) is 5.34. The van der Waals surface area contributed by atoms with Crippen molar-refractivity contribution in [3.8, 4) is 0 Å². The van der Waals surface area contributed by atoms with Gasteiger partial charge >= 0.3 is 0 Å². The molecule has 1 N–H and O–H groups in total. The Hall–Kier alpha value is -0.930. The molecule has 0 spiro atoms. The van der Waals surface area contributed by atoms with E-state index in [-0.39, 0.29) is 0 Å². The molecule has 0 bridgehead atoms. The maximum Gasteiger partial charge on any atom is 0.0773 e. The smallest absolute Gasteiger partial charge is 0.0773 e. The van der Waals surface area contributed by atoms with Crippen LogP contribution in [-0.4, -0.2) is 15.4 Å². The zero-order valence-corrected chi connectivity index (χ0v) is 11.0. The van der Waals surface area contributed by atoms with Gasteiger partial charge < -0.3 is 5.11 Å².